The molecule has 14 heavy (non-hydrogen) atoms. The second kappa shape index (κ2) is 7.50. The molecule has 0 spiro atoms. The molecule has 1 aliphatic carbocycles. The largest absolute Gasteiger partial charge is 0.370 e. The summed E-state index contributed by atoms with van der Waals surface area (Å²) in [5.41, 5.74) is 5.68. The standard InChI is InChI=1S/C9H16BrN3.HI/c1-7(10)6-12-9(11)13-8-4-2-3-5-8;/h8H,1-6H2,(H3,11,12,13);1H. The lowest BCUT2D eigenvalue weighted by Gasteiger charge is -2.11. The summed E-state index contributed by atoms with van der Waals surface area (Å²) in [7, 11) is 0. The van der Waals surface area contributed by atoms with Crippen molar-refractivity contribution in [3.63, 3.8) is 0 Å². The molecule has 0 saturated heterocycles. The van der Waals surface area contributed by atoms with Crippen LogP contribution < -0.4 is 11.1 Å². The predicted molar refractivity (Wildman–Crippen MR) is 75.4 cm³/mol. The van der Waals surface area contributed by atoms with Gasteiger partial charge in [-0.3, -0.25) is 0 Å². The van der Waals surface area contributed by atoms with Gasteiger partial charge in [0.1, 0.15) is 0 Å². The summed E-state index contributed by atoms with van der Waals surface area (Å²) in [4.78, 5) is 4.12. The van der Waals surface area contributed by atoms with Crippen LogP contribution in [-0.2, 0) is 0 Å². The van der Waals surface area contributed by atoms with Gasteiger partial charge in [-0.2, -0.15) is 0 Å². The summed E-state index contributed by atoms with van der Waals surface area (Å²) >= 11 is 3.23. The molecule has 0 aromatic rings. The normalized spacial score (nSPS) is 17.6. The highest BCUT2D eigenvalue weighted by Gasteiger charge is 2.14. The molecule has 0 amide bonds. The van der Waals surface area contributed by atoms with E-state index in [2.05, 4.69) is 32.8 Å². The van der Waals surface area contributed by atoms with Crippen molar-refractivity contribution in [2.45, 2.75) is 31.7 Å². The molecule has 0 aromatic heterocycles. The molecule has 1 saturated carbocycles. The third-order valence-corrected chi connectivity index (χ3v) is 2.38. The SMILES string of the molecule is C=C(Br)CN=C(N)NC1CCCC1.I. The molecule has 1 rings (SSSR count). The van der Waals surface area contributed by atoms with Crippen LogP contribution in [0.3, 0.4) is 0 Å². The number of nitrogens with zero attached hydrogens (tertiary/aromatic N) is 1. The molecule has 0 heterocycles. The maximum absolute atomic E-state index is 5.68. The van der Waals surface area contributed by atoms with Crippen LogP contribution in [0.15, 0.2) is 16.1 Å². The van der Waals surface area contributed by atoms with E-state index in [1.807, 2.05) is 0 Å². The first-order valence-corrected chi connectivity index (χ1v) is 5.37. The minimum absolute atomic E-state index is 0. The van der Waals surface area contributed by atoms with Gasteiger partial charge in [0.05, 0.1) is 6.54 Å². The molecule has 0 radical (unpaired) electrons. The van der Waals surface area contributed by atoms with E-state index in [9.17, 15) is 0 Å². The molecular weight excluding hydrogens is 357 g/mol. The van der Waals surface area contributed by atoms with Gasteiger partial charge in [-0.05, 0) is 12.8 Å². The highest BCUT2D eigenvalue weighted by Crippen LogP contribution is 2.17. The molecule has 0 aromatic carbocycles. The highest BCUT2D eigenvalue weighted by atomic mass is 127. The van der Waals surface area contributed by atoms with E-state index in [1.165, 1.54) is 25.7 Å². The number of hydrogen-bond acceptors (Lipinski definition) is 1. The van der Waals surface area contributed by atoms with Gasteiger partial charge in [-0.15, -0.1) is 24.0 Å². The summed E-state index contributed by atoms with van der Waals surface area (Å²) in [5, 5.41) is 3.20. The van der Waals surface area contributed by atoms with E-state index < -0.39 is 0 Å². The van der Waals surface area contributed by atoms with Crippen molar-refractivity contribution in [1.82, 2.24) is 5.32 Å². The van der Waals surface area contributed by atoms with E-state index in [1.54, 1.807) is 0 Å². The Labute approximate surface area is 111 Å². The Morgan fingerprint density at radius 2 is 2.07 bits per heavy atom. The number of rotatable bonds is 3. The Balaban J connectivity index is 0.00000169. The summed E-state index contributed by atoms with van der Waals surface area (Å²) in [6.45, 7) is 4.23. The molecule has 0 atom stereocenters. The maximum Gasteiger partial charge on any atom is 0.189 e. The van der Waals surface area contributed by atoms with Gasteiger partial charge in [0, 0.05) is 10.5 Å². The second-order valence-corrected chi connectivity index (χ2v) is 4.47. The first-order valence-electron chi connectivity index (χ1n) is 4.58. The van der Waals surface area contributed by atoms with Crippen LogP contribution in [0.2, 0.25) is 0 Å². The van der Waals surface area contributed by atoms with E-state index >= 15 is 0 Å². The van der Waals surface area contributed by atoms with Crippen molar-refractivity contribution < 1.29 is 0 Å². The van der Waals surface area contributed by atoms with Gasteiger partial charge < -0.3 is 11.1 Å². The van der Waals surface area contributed by atoms with E-state index in [-0.39, 0.29) is 24.0 Å². The monoisotopic (exact) mass is 373 g/mol. The third-order valence-electron chi connectivity index (χ3n) is 2.13. The molecule has 0 aliphatic heterocycles. The van der Waals surface area contributed by atoms with Crippen LogP contribution in [0.5, 0.6) is 0 Å². The molecule has 3 N–H and O–H groups in total. The van der Waals surface area contributed by atoms with Gasteiger partial charge in [-0.1, -0.05) is 35.4 Å². The summed E-state index contributed by atoms with van der Waals surface area (Å²) in [5.74, 6) is 0.535. The van der Waals surface area contributed by atoms with Crippen LogP contribution in [0.25, 0.3) is 0 Å². The van der Waals surface area contributed by atoms with Gasteiger partial charge in [-0.25, -0.2) is 4.99 Å². The lowest BCUT2D eigenvalue weighted by molar-refractivity contribution is 0.626. The average molecular weight is 374 g/mol. The molecule has 1 fully saturated rings. The van der Waals surface area contributed by atoms with Crippen molar-refractivity contribution in [2.24, 2.45) is 10.7 Å². The number of guanidine groups is 1. The number of hydrogen-bond donors (Lipinski definition) is 2. The van der Waals surface area contributed by atoms with Crippen LogP contribution >= 0.6 is 39.9 Å². The Morgan fingerprint density at radius 3 is 2.57 bits per heavy atom. The third kappa shape index (κ3) is 5.85. The quantitative estimate of drug-likeness (QED) is 0.453. The Morgan fingerprint density at radius 1 is 1.50 bits per heavy atom. The Hall–Kier alpha value is 0.220. The number of aliphatic imine (C=N–C) groups is 1. The first kappa shape index (κ1) is 14.2. The fourth-order valence-electron chi connectivity index (χ4n) is 1.50. The summed E-state index contributed by atoms with van der Waals surface area (Å²) < 4.78 is 0.851. The number of nitrogens with one attached hydrogen (secondary N) is 1. The van der Waals surface area contributed by atoms with E-state index in [0.717, 1.165) is 4.48 Å². The molecule has 82 valence electrons. The van der Waals surface area contributed by atoms with Gasteiger partial charge >= 0.3 is 0 Å². The van der Waals surface area contributed by atoms with Crippen LogP contribution in [0.1, 0.15) is 25.7 Å². The smallest absolute Gasteiger partial charge is 0.189 e. The van der Waals surface area contributed by atoms with Crippen LogP contribution in [0.4, 0.5) is 0 Å². The van der Waals surface area contributed by atoms with Crippen LogP contribution in [0, 0.1) is 0 Å². The highest BCUT2D eigenvalue weighted by molar-refractivity contribution is 14.0. The molecule has 5 heteroatoms. The average Bonchev–Trinajstić information content (AvgIpc) is 2.53. The number of nitrogens with two attached hydrogens (primary N) is 1. The van der Waals surface area contributed by atoms with Crippen molar-refractivity contribution >= 4 is 45.9 Å². The molecular formula is C9H17BrIN3. The summed E-state index contributed by atoms with van der Waals surface area (Å²) in [6.07, 6.45) is 5.03. The fourth-order valence-corrected chi connectivity index (χ4v) is 1.62. The maximum atomic E-state index is 5.68. The van der Waals surface area contributed by atoms with Gasteiger partial charge in [0.25, 0.3) is 0 Å². The summed E-state index contributed by atoms with van der Waals surface area (Å²) in [6, 6.07) is 0.535. The van der Waals surface area contributed by atoms with Crippen molar-refractivity contribution in [3.8, 4) is 0 Å². The van der Waals surface area contributed by atoms with E-state index in [4.69, 9.17) is 5.73 Å². The molecule has 0 unspecified atom stereocenters. The molecule has 1 aliphatic rings. The zero-order valence-corrected chi connectivity index (χ0v) is 12.0. The lowest BCUT2D eigenvalue weighted by atomic mass is 10.2. The minimum Gasteiger partial charge on any atom is -0.370 e. The van der Waals surface area contributed by atoms with Gasteiger partial charge in [0.2, 0.25) is 0 Å². The first-order chi connectivity index (χ1) is 6.18. The minimum atomic E-state index is 0. The predicted octanol–water partition coefficient (Wildman–Crippen LogP) is 2.36. The van der Waals surface area contributed by atoms with E-state index in [0.29, 0.717) is 18.5 Å². The zero-order valence-electron chi connectivity index (χ0n) is 8.13. The zero-order chi connectivity index (χ0) is 9.68. The topological polar surface area (TPSA) is 50.4 Å². The fraction of sp³-hybridized carbons (Fsp3) is 0.667. The second-order valence-electron chi connectivity index (χ2n) is 3.34. The van der Waals surface area contributed by atoms with Crippen LogP contribution in [-0.4, -0.2) is 18.5 Å². The molecule has 0 bridgehead atoms. The number of halogens is 2. The van der Waals surface area contributed by atoms with Crippen molar-refractivity contribution in [2.75, 3.05) is 6.54 Å². The Bertz CT molecular complexity index is 212. The van der Waals surface area contributed by atoms with Crippen molar-refractivity contribution in [1.29, 1.82) is 0 Å². The molecule has 3 nitrogen and oxygen atoms in total. The van der Waals surface area contributed by atoms with Gasteiger partial charge in [0.15, 0.2) is 5.96 Å². The Kier molecular flexibility index (Phi) is 7.62. The lowest BCUT2D eigenvalue weighted by Crippen LogP contribution is -2.38. The van der Waals surface area contributed by atoms with Crippen molar-refractivity contribution in [3.05, 3.63) is 11.1 Å².